The SMILES string of the molecule is C=CCN(CC=C)CC(Cl)c1ccc(-c2ccccc2)cc1. The molecule has 2 aromatic rings. The summed E-state index contributed by atoms with van der Waals surface area (Å²) in [5.41, 5.74) is 3.57. The van der Waals surface area contributed by atoms with Gasteiger partial charge in [0, 0.05) is 19.6 Å². The molecule has 0 amide bonds. The first-order valence-corrected chi connectivity index (χ1v) is 7.92. The highest BCUT2D eigenvalue weighted by Crippen LogP contribution is 2.25. The van der Waals surface area contributed by atoms with Crippen molar-refractivity contribution < 1.29 is 0 Å². The maximum atomic E-state index is 6.56. The van der Waals surface area contributed by atoms with Gasteiger partial charge in [-0.3, -0.25) is 4.90 Å². The Balaban J connectivity index is 2.06. The maximum absolute atomic E-state index is 6.56. The third-order valence-corrected chi connectivity index (χ3v) is 3.96. The third-order valence-electron chi connectivity index (χ3n) is 3.57. The molecule has 0 N–H and O–H groups in total. The van der Waals surface area contributed by atoms with Gasteiger partial charge in [0.2, 0.25) is 0 Å². The number of hydrogen-bond acceptors (Lipinski definition) is 1. The van der Waals surface area contributed by atoms with E-state index in [1.807, 2.05) is 18.2 Å². The summed E-state index contributed by atoms with van der Waals surface area (Å²) in [6.07, 6.45) is 3.79. The summed E-state index contributed by atoms with van der Waals surface area (Å²) >= 11 is 6.56. The first-order chi connectivity index (χ1) is 10.7. The van der Waals surface area contributed by atoms with Crippen LogP contribution in [-0.4, -0.2) is 24.5 Å². The smallest absolute Gasteiger partial charge is 0.0712 e. The molecular formula is C20H22ClN. The molecule has 0 radical (unpaired) electrons. The Labute approximate surface area is 138 Å². The van der Waals surface area contributed by atoms with Crippen LogP contribution in [0.1, 0.15) is 10.9 Å². The monoisotopic (exact) mass is 311 g/mol. The van der Waals surface area contributed by atoms with E-state index in [0.717, 1.165) is 25.2 Å². The second kappa shape index (κ2) is 8.57. The van der Waals surface area contributed by atoms with Crippen LogP contribution in [0.15, 0.2) is 79.9 Å². The molecule has 2 rings (SSSR count). The molecule has 22 heavy (non-hydrogen) atoms. The fourth-order valence-corrected chi connectivity index (χ4v) is 2.78. The summed E-state index contributed by atoms with van der Waals surface area (Å²) in [7, 11) is 0. The molecule has 0 aliphatic carbocycles. The van der Waals surface area contributed by atoms with Crippen molar-refractivity contribution in [2.75, 3.05) is 19.6 Å². The topological polar surface area (TPSA) is 3.24 Å². The van der Waals surface area contributed by atoms with E-state index in [1.54, 1.807) is 0 Å². The summed E-state index contributed by atoms with van der Waals surface area (Å²) in [5.74, 6) is 0. The van der Waals surface area contributed by atoms with Gasteiger partial charge < -0.3 is 0 Å². The molecule has 0 heterocycles. The highest BCUT2D eigenvalue weighted by Gasteiger charge is 2.12. The van der Waals surface area contributed by atoms with E-state index in [2.05, 4.69) is 66.6 Å². The molecule has 0 aromatic heterocycles. The Hall–Kier alpha value is -1.83. The standard InChI is InChI=1S/C20H22ClN/c1-3-14-22(15-4-2)16-20(21)19-12-10-18(11-13-19)17-8-6-5-7-9-17/h3-13,20H,1-2,14-16H2. The van der Waals surface area contributed by atoms with Gasteiger partial charge in [0.25, 0.3) is 0 Å². The highest BCUT2D eigenvalue weighted by molar-refractivity contribution is 6.21. The van der Waals surface area contributed by atoms with Gasteiger partial charge in [0.15, 0.2) is 0 Å². The number of alkyl halides is 1. The minimum Gasteiger partial charge on any atom is -0.294 e. The largest absolute Gasteiger partial charge is 0.294 e. The zero-order valence-corrected chi connectivity index (χ0v) is 13.5. The van der Waals surface area contributed by atoms with E-state index in [0.29, 0.717) is 0 Å². The van der Waals surface area contributed by atoms with Gasteiger partial charge >= 0.3 is 0 Å². The fourth-order valence-electron chi connectivity index (χ4n) is 2.44. The Morgan fingerprint density at radius 3 is 1.95 bits per heavy atom. The van der Waals surface area contributed by atoms with Crippen LogP contribution in [0.25, 0.3) is 11.1 Å². The Bertz CT molecular complexity index is 579. The first kappa shape index (κ1) is 16.5. The minimum atomic E-state index is -0.0373. The normalized spacial score (nSPS) is 12.1. The van der Waals surface area contributed by atoms with Crippen LogP contribution in [0.5, 0.6) is 0 Å². The van der Waals surface area contributed by atoms with Crippen molar-refractivity contribution in [1.29, 1.82) is 0 Å². The molecule has 1 unspecified atom stereocenters. The van der Waals surface area contributed by atoms with Crippen molar-refractivity contribution in [2.45, 2.75) is 5.38 Å². The summed E-state index contributed by atoms with van der Waals surface area (Å²) in [4.78, 5) is 2.22. The van der Waals surface area contributed by atoms with Crippen molar-refractivity contribution >= 4 is 11.6 Å². The van der Waals surface area contributed by atoms with E-state index < -0.39 is 0 Å². The number of benzene rings is 2. The van der Waals surface area contributed by atoms with Crippen LogP contribution in [0.2, 0.25) is 0 Å². The lowest BCUT2D eigenvalue weighted by atomic mass is 10.0. The lowest BCUT2D eigenvalue weighted by Crippen LogP contribution is -2.27. The summed E-state index contributed by atoms with van der Waals surface area (Å²) in [6.45, 7) is 9.99. The van der Waals surface area contributed by atoms with E-state index in [-0.39, 0.29) is 5.38 Å². The van der Waals surface area contributed by atoms with Gasteiger partial charge in [-0.2, -0.15) is 0 Å². The van der Waals surface area contributed by atoms with Gasteiger partial charge in [-0.15, -0.1) is 24.8 Å². The quantitative estimate of drug-likeness (QED) is 0.472. The van der Waals surface area contributed by atoms with Crippen LogP contribution in [0, 0.1) is 0 Å². The third kappa shape index (κ3) is 4.59. The minimum absolute atomic E-state index is 0.0373. The molecule has 0 spiro atoms. The van der Waals surface area contributed by atoms with Crippen LogP contribution in [0.4, 0.5) is 0 Å². The van der Waals surface area contributed by atoms with E-state index >= 15 is 0 Å². The fraction of sp³-hybridized carbons (Fsp3) is 0.200. The molecule has 2 aromatic carbocycles. The number of hydrogen-bond donors (Lipinski definition) is 0. The number of nitrogens with zero attached hydrogens (tertiary/aromatic N) is 1. The molecule has 0 aliphatic rings. The summed E-state index contributed by atoms with van der Waals surface area (Å²) in [5, 5.41) is -0.0373. The predicted molar refractivity (Wildman–Crippen MR) is 97.3 cm³/mol. The van der Waals surface area contributed by atoms with E-state index in [1.165, 1.54) is 11.1 Å². The van der Waals surface area contributed by atoms with Gasteiger partial charge in [0.05, 0.1) is 5.38 Å². The Morgan fingerprint density at radius 2 is 1.41 bits per heavy atom. The van der Waals surface area contributed by atoms with Crippen molar-refractivity contribution in [1.82, 2.24) is 4.90 Å². The Morgan fingerprint density at radius 1 is 0.864 bits per heavy atom. The molecular weight excluding hydrogens is 290 g/mol. The average molecular weight is 312 g/mol. The van der Waals surface area contributed by atoms with Crippen LogP contribution >= 0.6 is 11.6 Å². The molecule has 2 heteroatoms. The maximum Gasteiger partial charge on any atom is 0.0712 e. The Kier molecular flexibility index (Phi) is 6.45. The number of halogens is 1. The average Bonchev–Trinajstić information content (AvgIpc) is 2.56. The van der Waals surface area contributed by atoms with Gasteiger partial charge in [-0.05, 0) is 16.7 Å². The van der Waals surface area contributed by atoms with Gasteiger partial charge in [0.1, 0.15) is 0 Å². The van der Waals surface area contributed by atoms with Gasteiger partial charge in [-0.25, -0.2) is 0 Å². The molecule has 1 nitrogen and oxygen atoms in total. The summed E-state index contributed by atoms with van der Waals surface area (Å²) < 4.78 is 0. The molecule has 0 saturated heterocycles. The molecule has 1 atom stereocenters. The molecule has 0 saturated carbocycles. The highest BCUT2D eigenvalue weighted by atomic mass is 35.5. The van der Waals surface area contributed by atoms with Crippen molar-refractivity contribution in [2.24, 2.45) is 0 Å². The predicted octanol–water partition coefficient (Wildman–Crippen LogP) is 5.31. The van der Waals surface area contributed by atoms with E-state index in [4.69, 9.17) is 11.6 Å². The lowest BCUT2D eigenvalue weighted by molar-refractivity contribution is 0.335. The van der Waals surface area contributed by atoms with Crippen molar-refractivity contribution in [3.63, 3.8) is 0 Å². The second-order valence-corrected chi connectivity index (χ2v) is 5.78. The van der Waals surface area contributed by atoms with E-state index in [9.17, 15) is 0 Å². The zero-order valence-electron chi connectivity index (χ0n) is 12.8. The van der Waals surface area contributed by atoms with Crippen LogP contribution < -0.4 is 0 Å². The summed E-state index contributed by atoms with van der Waals surface area (Å²) in [6, 6.07) is 18.8. The van der Waals surface area contributed by atoms with Crippen molar-refractivity contribution in [3.05, 3.63) is 85.5 Å². The second-order valence-electron chi connectivity index (χ2n) is 5.25. The lowest BCUT2D eigenvalue weighted by Gasteiger charge is -2.22. The zero-order chi connectivity index (χ0) is 15.8. The molecule has 114 valence electrons. The molecule has 0 fully saturated rings. The first-order valence-electron chi connectivity index (χ1n) is 7.48. The molecule has 0 bridgehead atoms. The van der Waals surface area contributed by atoms with Crippen LogP contribution in [0.3, 0.4) is 0 Å². The molecule has 0 aliphatic heterocycles. The van der Waals surface area contributed by atoms with Crippen molar-refractivity contribution in [3.8, 4) is 11.1 Å². The van der Waals surface area contributed by atoms with Crippen LogP contribution in [-0.2, 0) is 0 Å². The van der Waals surface area contributed by atoms with Gasteiger partial charge in [-0.1, -0.05) is 66.7 Å². The number of rotatable bonds is 8.